The van der Waals surface area contributed by atoms with E-state index in [-0.39, 0.29) is 57.3 Å². The first-order valence-electron chi connectivity index (χ1n) is 13.7. The van der Waals surface area contributed by atoms with Gasteiger partial charge in [0.2, 0.25) is 11.8 Å². The highest BCUT2D eigenvalue weighted by Gasteiger charge is 2.69. The third kappa shape index (κ3) is 3.76. The summed E-state index contributed by atoms with van der Waals surface area (Å²) < 4.78 is 15.9. The Balaban J connectivity index is 1.23. The van der Waals surface area contributed by atoms with Gasteiger partial charge in [-0.25, -0.2) is 4.39 Å². The predicted octanol–water partition coefficient (Wildman–Crippen LogP) is 6.43. The first-order chi connectivity index (χ1) is 19.9. The average molecular weight is 603 g/mol. The fourth-order valence-electron chi connectivity index (χ4n) is 7.91. The Kier molecular flexibility index (Phi) is 5.85. The number of halogens is 2. The van der Waals surface area contributed by atoms with Crippen LogP contribution >= 0.6 is 34.7 Å². The summed E-state index contributed by atoms with van der Waals surface area (Å²) in [5.74, 6) is -1.41. The number of carbonyl (C=O) groups excluding carboxylic acids is 2. The number of anilines is 1. The van der Waals surface area contributed by atoms with E-state index in [2.05, 4.69) is 0 Å². The normalized spacial score (nSPS) is 29.5. The smallest absolute Gasteiger partial charge is 0.289 e. The molecule has 4 aromatic rings. The molecule has 2 bridgehead atoms. The molecule has 4 aliphatic rings. The molecule has 5 nitrogen and oxygen atoms in total. The molecule has 0 N–H and O–H groups in total. The fourth-order valence-corrected chi connectivity index (χ4v) is 11.2. The van der Waals surface area contributed by atoms with Crippen molar-refractivity contribution in [1.29, 1.82) is 0 Å². The molecule has 1 aromatic heterocycles. The van der Waals surface area contributed by atoms with Crippen LogP contribution < -0.4 is 9.77 Å². The number of fused-ring (bicyclic) bond motifs is 9. The molecule has 2 aliphatic heterocycles. The van der Waals surface area contributed by atoms with Crippen molar-refractivity contribution in [2.24, 2.45) is 29.6 Å². The maximum absolute atomic E-state index is 14.0. The Hall–Kier alpha value is -3.20. The topological polar surface area (TPSA) is 59.4 Å². The highest BCUT2D eigenvalue weighted by molar-refractivity contribution is 8.00. The molecule has 2 amide bonds. The molecule has 9 heteroatoms. The molecule has 2 aliphatic carbocycles. The van der Waals surface area contributed by atoms with E-state index in [1.54, 1.807) is 36.0 Å². The molecule has 1 saturated heterocycles. The number of benzene rings is 3. The molecule has 7 atom stereocenters. The Morgan fingerprint density at radius 3 is 2.24 bits per heavy atom. The zero-order valence-corrected chi connectivity index (χ0v) is 24.0. The third-order valence-corrected chi connectivity index (χ3v) is 12.5. The first-order valence-corrected chi connectivity index (χ1v) is 15.8. The van der Waals surface area contributed by atoms with E-state index in [1.807, 2.05) is 47.0 Å². The summed E-state index contributed by atoms with van der Waals surface area (Å²) in [6, 6.07) is 23.3. The van der Waals surface area contributed by atoms with Gasteiger partial charge in [0.15, 0.2) is 0 Å². The van der Waals surface area contributed by atoms with Gasteiger partial charge in [0.25, 0.3) is 0 Å². The standard InChI is InChI=1S/C32H24ClFN2O3S2/c33-18-8-12-20(13-9-18)36-29(37)25-21-14-22(26(25)30(36)38)27-24(21)23(17-6-10-19(34)11-7-17)28-31(40-27)35(32(39)41-28)15-16-4-2-1-3-5-16/h1-13,21-27H,14-15H2/t21-,22+,23+,24+,25+,26+,27-/m0/s1. The minimum atomic E-state index is -0.391. The van der Waals surface area contributed by atoms with Crippen LogP contribution in [0.2, 0.25) is 5.02 Å². The number of hydrogen-bond donors (Lipinski definition) is 0. The van der Waals surface area contributed by atoms with Crippen LogP contribution in [0.3, 0.4) is 0 Å². The summed E-state index contributed by atoms with van der Waals surface area (Å²) in [7, 11) is 0. The quantitative estimate of drug-likeness (QED) is 0.253. The summed E-state index contributed by atoms with van der Waals surface area (Å²) in [6.07, 6.45) is 0.805. The molecule has 8 rings (SSSR count). The van der Waals surface area contributed by atoms with Crippen molar-refractivity contribution in [1.82, 2.24) is 4.57 Å². The lowest BCUT2D eigenvalue weighted by Gasteiger charge is -2.43. The van der Waals surface area contributed by atoms with Crippen LogP contribution in [-0.2, 0) is 16.1 Å². The third-order valence-electron chi connectivity index (χ3n) is 9.45. The lowest BCUT2D eigenvalue weighted by molar-refractivity contribution is -0.123. The molecule has 0 spiro atoms. The second-order valence-corrected chi connectivity index (χ2v) is 14.0. The van der Waals surface area contributed by atoms with E-state index in [4.69, 9.17) is 11.6 Å². The molecule has 3 heterocycles. The van der Waals surface area contributed by atoms with E-state index < -0.39 is 5.92 Å². The summed E-state index contributed by atoms with van der Waals surface area (Å²) in [5.41, 5.74) is 2.55. The SMILES string of the molecule is O=C1[C@@H]2[C@H]3C[C@@H]([C@@H]4Sc5c(sc(=O)n5Cc5ccccc5)[C@H](c5ccc(F)cc5)[C@@H]34)[C@H]2C(=O)N1c1ccc(Cl)cc1. The zero-order valence-electron chi connectivity index (χ0n) is 21.7. The largest absolute Gasteiger partial charge is 0.308 e. The van der Waals surface area contributed by atoms with Crippen molar-refractivity contribution in [3.63, 3.8) is 0 Å². The van der Waals surface area contributed by atoms with Gasteiger partial charge in [0, 0.05) is 21.1 Å². The molecule has 2 saturated carbocycles. The number of imide groups is 1. The van der Waals surface area contributed by atoms with Crippen LogP contribution in [0.1, 0.15) is 28.3 Å². The van der Waals surface area contributed by atoms with E-state index in [0.717, 1.165) is 27.5 Å². The maximum Gasteiger partial charge on any atom is 0.308 e. The van der Waals surface area contributed by atoms with Crippen LogP contribution in [-0.4, -0.2) is 21.6 Å². The van der Waals surface area contributed by atoms with Gasteiger partial charge in [-0.3, -0.25) is 23.9 Å². The van der Waals surface area contributed by atoms with Crippen molar-refractivity contribution in [3.8, 4) is 0 Å². The van der Waals surface area contributed by atoms with Gasteiger partial charge in [-0.2, -0.15) is 0 Å². The molecular weight excluding hydrogens is 579 g/mol. The van der Waals surface area contributed by atoms with Crippen molar-refractivity contribution < 1.29 is 14.0 Å². The van der Waals surface area contributed by atoms with Crippen LogP contribution in [0.15, 0.2) is 88.7 Å². The fraction of sp³-hybridized carbons (Fsp3) is 0.281. The highest BCUT2D eigenvalue weighted by Crippen LogP contribution is 2.69. The lowest BCUT2D eigenvalue weighted by atomic mass is 9.68. The second-order valence-electron chi connectivity index (χ2n) is 11.4. The molecule has 0 radical (unpaired) electrons. The number of thiazole rings is 1. The van der Waals surface area contributed by atoms with Crippen molar-refractivity contribution >= 4 is 52.2 Å². The Bertz CT molecular complexity index is 1750. The minimum absolute atomic E-state index is 0.000714. The monoisotopic (exact) mass is 602 g/mol. The number of rotatable bonds is 4. The molecule has 0 unspecified atom stereocenters. The van der Waals surface area contributed by atoms with Crippen LogP contribution in [0, 0.1) is 35.4 Å². The van der Waals surface area contributed by atoms with Gasteiger partial charge in [0.05, 0.1) is 29.1 Å². The summed E-state index contributed by atoms with van der Waals surface area (Å²) in [4.78, 5) is 43.5. The molecule has 206 valence electrons. The summed E-state index contributed by atoms with van der Waals surface area (Å²) >= 11 is 9.05. The van der Waals surface area contributed by atoms with Gasteiger partial charge in [0.1, 0.15) is 5.82 Å². The maximum atomic E-state index is 14.0. The van der Waals surface area contributed by atoms with Gasteiger partial charge in [-0.15, -0.1) is 11.8 Å². The Morgan fingerprint density at radius 1 is 0.854 bits per heavy atom. The number of amides is 2. The van der Waals surface area contributed by atoms with E-state index in [9.17, 15) is 18.8 Å². The van der Waals surface area contributed by atoms with Crippen LogP contribution in [0.4, 0.5) is 10.1 Å². The van der Waals surface area contributed by atoms with E-state index >= 15 is 0 Å². The van der Waals surface area contributed by atoms with Gasteiger partial charge in [-0.1, -0.05) is 65.4 Å². The van der Waals surface area contributed by atoms with Gasteiger partial charge in [-0.05, 0) is 71.7 Å². The Labute approximate surface area is 249 Å². The van der Waals surface area contributed by atoms with Gasteiger partial charge >= 0.3 is 4.87 Å². The summed E-state index contributed by atoms with van der Waals surface area (Å²) in [5, 5.41) is 1.56. The van der Waals surface area contributed by atoms with E-state index in [0.29, 0.717) is 17.3 Å². The predicted molar refractivity (Wildman–Crippen MR) is 158 cm³/mol. The van der Waals surface area contributed by atoms with Crippen molar-refractivity contribution in [2.45, 2.75) is 29.2 Å². The van der Waals surface area contributed by atoms with Crippen molar-refractivity contribution in [3.05, 3.63) is 115 Å². The van der Waals surface area contributed by atoms with Gasteiger partial charge < -0.3 is 0 Å². The number of hydrogen-bond acceptors (Lipinski definition) is 5. The molecule has 3 aromatic carbocycles. The molecule has 3 fully saturated rings. The lowest BCUT2D eigenvalue weighted by Crippen LogP contribution is -2.43. The van der Waals surface area contributed by atoms with Crippen molar-refractivity contribution in [2.75, 3.05) is 4.90 Å². The molecular formula is C32H24ClFN2O3S2. The first kappa shape index (κ1) is 25.5. The number of aromatic nitrogens is 1. The minimum Gasteiger partial charge on any atom is -0.289 e. The number of nitrogens with zero attached hydrogens (tertiary/aromatic N) is 2. The van der Waals surface area contributed by atoms with E-state index in [1.165, 1.54) is 28.4 Å². The molecule has 41 heavy (non-hydrogen) atoms. The Morgan fingerprint density at radius 2 is 1.54 bits per heavy atom. The number of thioether (sulfide) groups is 1. The summed E-state index contributed by atoms with van der Waals surface area (Å²) in [6.45, 7) is 0.466. The van der Waals surface area contributed by atoms with Crippen LogP contribution in [0.25, 0.3) is 0 Å². The average Bonchev–Trinajstić information content (AvgIpc) is 3.69. The number of carbonyl (C=O) groups is 2. The van der Waals surface area contributed by atoms with Crippen LogP contribution in [0.5, 0.6) is 0 Å². The highest BCUT2D eigenvalue weighted by atomic mass is 35.5. The second kappa shape index (κ2) is 9.41. The zero-order chi connectivity index (χ0) is 28.0.